The van der Waals surface area contributed by atoms with Gasteiger partial charge in [-0.1, -0.05) is 0 Å². The number of rotatable bonds is 6. The molecule has 1 atom stereocenters. The Kier molecular flexibility index (Phi) is 5.36. The van der Waals surface area contributed by atoms with Crippen LogP contribution < -0.4 is 5.32 Å². The van der Waals surface area contributed by atoms with E-state index in [1.165, 1.54) is 12.7 Å². The van der Waals surface area contributed by atoms with Crippen LogP contribution in [-0.4, -0.2) is 25.7 Å². The lowest BCUT2D eigenvalue weighted by atomic mass is 10.1. The van der Waals surface area contributed by atoms with Crippen molar-refractivity contribution in [3.63, 3.8) is 0 Å². The van der Waals surface area contributed by atoms with Crippen molar-refractivity contribution < 1.29 is 9.53 Å². The van der Waals surface area contributed by atoms with Gasteiger partial charge in [-0.2, -0.15) is 11.3 Å². The molecule has 1 unspecified atom stereocenters. The van der Waals surface area contributed by atoms with Gasteiger partial charge in [-0.25, -0.2) is 0 Å². The Morgan fingerprint density at radius 1 is 1.67 bits per heavy atom. The van der Waals surface area contributed by atoms with Gasteiger partial charge in [0.2, 0.25) is 0 Å². The third-order valence-electron chi connectivity index (χ3n) is 2.17. The molecule has 0 radical (unpaired) electrons. The van der Waals surface area contributed by atoms with Gasteiger partial charge in [0.1, 0.15) is 0 Å². The van der Waals surface area contributed by atoms with Crippen molar-refractivity contribution in [3.05, 3.63) is 22.4 Å². The van der Waals surface area contributed by atoms with Crippen molar-refractivity contribution in [2.75, 3.05) is 13.7 Å². The van der Waals surface area contributed by atoms with E-state index in [1.807, 2.05) is 0 Å². The molecule has 0 aliphatic carbocycles. The highest BCUT2D eigenvalue weighted by Crippen LogP contribution is 2.08. The normalized spacial score (nSPS) is 12.4. The van der Waals surface area contributed by atoms with Gasteiger partial charge >= 0.3 is 5.97 Å². The average molecular weight is 227 g/mol. The summed E-state index contributed by atoms with van der Waals surface area (Å²) in [5.74, 6) is -0.162. The molecular formula is C11H17NO2S. The molecule has 1 N–H and O–H groups in total. The Hall–Kier alpha value is -0.870. The molecule has 4 heteroatoms. The van der Waals surface area contributed by atoms with Crippen LogP contribution in [0.25, 0.3) is 0 Å². The van der Waals surface area contributed by atoms with E-state index in [0.717, 1.165) is 6.42 Å². The maximum absolute atomic E-state index is 10.8. The summed E-state index contributed by atoms with van der Waals surface area (Å²) in [4.78, 5) is 10.8. The summed E-state index contributed by atoms with van der Waals surface area (Å²) in [6, 6.07) is 2.52. The number of carbonyl (C=O) groups is 1. The van der Waals surface area contributed by atoms with E-state index in [2.05, 4.69) is 33.8 Å². The van der Waals surface area contributed by atoms with E-state index >= 15 is 0 Å². The molecule has 3 nitrogen and oxygen atoms in total. The fraction of sp³-hybridized carbons (Fsp3) is 0.545. The molecule has 1 rings (SSSR count). The van der Waals surface area contributed by atoms with Crippen molar-refractivity contribution in [2.24, 2.45) is 0 Å². The van der Waals surface area contributed by atoms with Gasteiger partial charge in [-0.05, 0) is 35.7 Å². The topological polar surface area (TPSA) is 38.3 Å². The van der Waals surface area contributed by atoms with E-state index < -0.39 is 0 Å². The summed E-state index contributed by atoms with van der Waals surface area (Å²) in [5, 5.41) is 7.52. The van der Waals surface area contributed by atoms with Crippen LogP contribution >= 0.6 is 11.3 Å². The number of hydrogen-bond acceptors (Lipinski definition) is 4. The summed E-state index contributed by atoms with van der Waals surface area (Å²) < 4.78 is 4.56. The Morgan fingerprint density at radius 2 is 2.47 bits per heavy atom. The molecule has 0 bridgehead atoms. The van der Waals surface area contributed by atoms with E-state index in [0.29, 0.717) is 19.0 Å². The lowest BCUT2D eigenvalue weighted by Crippen LogP contribution is -2.30. The zero-order valence-electron chi connectivity index (χ0n) is 9.16. The summed E-state index contributed by atoms with van der Waals surface area (Å²) in [6.07, 6.45) is 1.44. The number of hydrogen-bond donors (Lipinski definition) is 1. The SMILES string of the molecule is COC(=O)CCNC(C)Cc1ccsc1. The fourth-order valence-corrected chi connectivity index (χ4v) is 2.04. The predicted octanol–water partition coefficient (Wildman–Crippen LogP) is 1.83. The van der Waals surface area contributed by atoms with Crippen LogP contribution in [0.4, 0.5) is 0 Å². The maximum atomic E-state index is 10.8. The Morgan fingerprint density at radius 3 is 3.07 bits per heavy atom. The van der Waals surface area contributed by atoms with E-state index in [1.54, 1.807) is 11.3 Å². The first kappa shape index (κ1) is 12.2. The van der Waals surface area contributed by atoms with E-state index in [9.17, 15) is 4.79 Å². The van der Waals surface area contributed by atoms with Crippen molar-refractivity contribution >= 4 is 17.3 Å². The maximum Gasteiger partial charge on any atom is 0.306 e. The highest BCUT2D eigenvalue weighted by molar-refractivity contribution is 7.07. The second-order valence-electron chi connectivity index (χ2n) is 3.52. The second kappa shape index (κ2) is 6.58. The zero-order valence-corrected chi connectivity index (χ0v) is 9.97. The van der Waals surface area contributed by atoms with Gasteiger partial charge in [0, 0.05) is 12.6 Å². The zero-order chi connectivity index (χ0) is 11.1. The standard InChI is InChI=1S/C11H17NO2S/c1-9(7-10-4-6-15-8-10)12-5-3-11(13)14-2/h4,6,8-9,12H,3,5,7H2,1-2H3. The van der Waals surface area contributed by atoms with Crippen molar-refractivity contribution in [3.8, 4) is 0 Å². The second-order valence-corrected chi connectivity index (χ2v) is 4.30. The van der Waals surface area contributed by atoms with Crippen molar-refractivity contribution in [1.29, 1.82) is 0 Å². The minimum absolute atomic E-state index is 0.162. The number of methoxy groups -OCH3 is 1. The minimum Gasteiger partial charge on any atom is -0.469 e. The first-order valence-corrected chi connectivity index (χ1v) is 5.98. The summed E-state index contributed by atoms with van der Waals surface area (Å²) in [6.45, 7) is 2.80. The molecule has 0 aromatic carbocycles. The quantitative estimate of drug-likeness (QED) is 0.754. The molecular weight excluding hydrogens is 210 g/mol. The molecule has 0 aliphatic heterocycles. The summed E-state index contributed by atoms with van der Waals surface area (Å²) in [7, 11) is 1.41. The first-order valence-electron chi connectivity index (χ1n) is 5.03. The largest absolute Gasteiger partial charge is 0.469 e. The molecule has 1 heterocycles. The lowest BCUT2D eigenvalue weighted by molar-refractivity contribution is -0.140. The molecule has 0 fully saturated rings. The molecule has 1 aromatic heterocycles. The predicted molar refractivity (Wildman–Crippen MR) is 62.1 cm³/mol. The van der Waals surface area contributed by atoms with Gasteiger partial charge in [-0.15, -0.1) is 0 Å². The summed E-state index contributed by atoms with van der Waals surface area (Å²) >= 11 is 1.71. The van der Waals surface area contributed by atoms with Gasteiger partial charge in [-0.3, -0.25) is 4.79 Å². The van der Waals surface area contributed by atoms with Crippen LogP contribution in [0.2, 0.25) is 0 Å². The van der Waals surface area contributed by atoms with E-state index in [4.69, 9.17) is 0 Å². The number of ether oxygens (including phenoxy) is 1. The number of esters is 1. The Bertz CT molecular complexity index is 285. The monoisotopic (exact) mass is 227 g/mol. The van der Waals surface area contributed by atoms with Crippen molar-refractivity contribution in [1.82, 2.24) is 5.32 Å². The van der Waals surface area contributed by atoms with Crippen LogP contribution in [0, 0.1) is 0 Å². The third-order valence-corrected chi connectivity index (χ3v) is 2.90. The van der Waals surface area contributed by atoms with Crippen LogP contribution in [0.5, 0.6) is 0 Å². The Balaban J connectivity index is 2.14. The molecule has 1 aromatic rings. The fourth-order valence-electron chi connectivity index (χ4n) is 1.36. The van der Waals surface area contributed by atoms with Gasteiger partial charge < -0.3 is 10.1 Å². The van der Waals surface area contributed by atoms with Gasteiger partial charge in [0.05, 0.1) is 13.5 Å². The Labute approximate surface area is 94.5 Å². The number of carbonyl (C=O) groups excluding carboxylic acids is 1. The molecule has 0 aliphatic rings. The van der Waals surface area contributed by atoms with Crippen LogP contribution in [-0.2, 0) is 16.0 Å². The van der Waals surface area contributed by atoms with Gasteiger partial charge in [0.25, 0.3) is 0 Å². The molecule has 0 spiro atoms. The van der Waals surface area contributed by atoms with Gasteiger partial charge in [0.15, 0.2) is 0 Å². The number of nitrogens with one attached hydrogen (secondary N) is 1. The average Bonchev–Trinajstić information content (AvgIpc) is 2.70. The van der Waals surface area contributed by atoms with Crippen molar-refractivity contribution in [2.45, 2.75) is 25.8 Å². The third kappa shape index (κ3) is 4.95. The summed E-state index contributed by atoms with van der Waals surface area (Å²) in [5.41, 5.74) is 1.35. The first-order chi connectivity index (χ1) is 7.22. The highest BCUT2D eigenvalue weighted by atomic mass is 32.1. The lowest BCUT2D eigenvalue weighted by Gasteiger charge is -2.12. The highest BCUT2D eigenvalue weighted by Gasteiger charge is 2.05. The van der Waals surface area contributed by atoms with Crippen LogP contribution in [0.3, 0.4) is 0 Å². The van der Waals surface area contributed by atoms with Crippen LogP contribution in [0.1, 0.15) is 18.9 Å². The smallest absolute Gasteiger partial charge is 0.306 e. The molecule has 0 saturated carbocycles. The van der Waals surface area contributed by atoms with Crippen LogP contribution in [0.15, 0.2) is 16.8 Å². The number of thiophene rings is 1. The van der Waals surface area contributed by atoms with E-state index in [-0.39, 0.29) is 5.97 Å². The molecule has 0 amide bonds. The molecule has 15 heavy (non-hydrogen) atoms. The molecule has 0 saturated heterocycles. The molecule has 84 valence electrons. The minimum atomic E-state index is -0.162.